The number of rotatable bonds is 5. The van der Waals surface area contributed by atoms with Crippen molar-refractivity contribution in [2.75, 3.05) is 0 Å². The highest BCUT2D eigenvalue weighted by Crippen LogP contribution is 2.28. The summed E-state index contributed by atoms with van der Waals surface area (Å²) in [5.74, 6) is 0.0512. The van der Waals surface area contributed by atoms with Gasteiger partial charge in [0.2, 0.25) is 0 Å². The van der Waals surface area contributed by atoms with Crippen molar-refractivity contribution in [3.63, 3.8) is 0 Å². The fraction of sp³-hybridized carbons (Fsp3) is 0.111. The van der Waals surface area contributed by atoms with Gasteiger partial charge < -0.3 is 9.57 Å². The summed E-state index contributed by atoms with van der Waals surface area (Å²) >= 11 is 3.40. The minimum atomic E-state index is -0.510. The molecule has 1 heterocycles. The minimum Gasteiger partial charge on any atom is -0.488 e. The second-order valence-electron chi connectivity index (χ2n) is 5.51. The Morgan fingerprint density at radius 2 is 2.00 bits per heavy atom. The maximum atomic E-state index is 11.7. The predicted octanol–water partition coefficient (Wildman–Crippen LogP) is 4.25. The number of benzene rings is 2. The molecule has 0 N–H and O–H groups in total. The lowest BCUT2D eigenvalue weighted by molar-refractivity contribution is -0.384. The number of carbonyl (C=O) groups excluding carboxylic acids is 1. The standard InChI is InChI=1S/C18H13BrN2O5/c1-11-16(18(22)26-20-11)9-13-8-14(19)4-7-17(13)25-10-12-2-5-15(6-3-12)21(23)24/h2-9H,10H2,1H3/b16-9+. The average Bonchev–Trinajstić information content (AvgIpc) is 2.93. The first kappa shape index (κ1) is 17.8. The Labute approximate surface area is 157 Å². The van der Waals surface area contributed by atoms with Gasteiger partial charge in [0, 0.05) is 22.2 Å². The van der Waals surface area contributed by atoms with E-state index in [-0.39, 0.29) is 12.3 Å². The van der Waals surface area contributed by atoms with Crippen molar-refractivity contribution in [2.45, 2.75) is 13.5 Å². The largest absolute Gasteiger partial charge is 0.488 e. The van der Waals surface area contributed by atoms with Crippen LogP contribution in [0.15, 0.2) is 57.7 Å². The zero-order valence-corrected chi connectivity index (χ0v) is 15.2. The molecule has 0 atom stereocenters. The summed E-state index contributed by atoms with van der Waals surface area (Å²) in [5, 5.41) is 14.4. The average molecular weight is 417 g/mol. The number of non-ortho nitro benzene ring substituents is 1. The van der Waals surface area contributed by atoms with Crippen molar-refractivity contribution in [3.05, 3.63) is 73.8 Å². The van der Waals surface area contributed by atoms with Gasteiger partial charge in [-0.15, -0.1) is 0 Å². The molecule has 1 aliphatic rings. The second-order valence-corrected chi connectivity index (χ2v) is 6.42. The highest BCUT2D eigenvalue weighted by molar-refractivity contribution is 9.10. The van der Waals surface area contributed by atoms with E-state index in [4.69, 9.17) is 4.74 Å². The molecule has 132 valence electrons. The van der Waals surface area contributed by atoms with Crippen molar-refractivity contribution in [2.24, 2.45) is 5.16 Å². The van der Waals surface area contributed by atoms with Crippen molar-refractivity contribution in [1.29, 1.82) is 0 Å². The van der Waals surface area contributed by atoms with Crippen LogP contribution in [0.2, 0.25) is 0 Å². The number of hydrogen-bond acceptors (Lipinski definition) is 6. The molecule has 0 aromatic heterocycles. The van der Waals surface area contributed by atoms with Crippen LogP contribution >= 0.6 is 15.9 Å². The van der Waals surface area contributed by atoms with Crippen LogP contribution in [0.1, 0.15) is 18.1 Å². The summed E-state index contributed by atoms with van der Waals surface area (Å²) in [6.07, 6.45) is 1.66. The molecule has 26 heavy (non-hydrogen) atoms. The minimum absolute atomic E-state index is 0.0253. The fourth-order valence-electron chi connectivity index (χ4n) is 2.31. The van der Waals surface area contributed by atoms with Crippen molar-refractivity contribution < 1.29 is 19.3 Å². The molecule has 0 bridgehead atoms. The Bertz CT molecular complexity index is 935. The smallest absolute Gasteiger partial charge is 0.367 e. The maximum absolute atomic E-state index is 11.7. The van der Waals surface area contributed by atoms with E-state index in [9.17, 15) is 14.9 Å². The molecule has 0 spiro atoms. The molecule has 0 unspecified atom stereocenters. The normalized spacial score (nSPS) is 14.9. The number of nitro groups is 1. The number of halogens is 1. The van der Waals surface area contributed by atoms with Gasteiger partial charge in [0.15, 0.2) is 0 Å². The highest BCUT2D eigenvalue weighted by Gasteiger charge is 2.22. The van der Waals surface area contributed by atoms with Gasteiger partial charge >= 0.3 is 5.97 Å². The maximum Gasteiger partial charge on any atom is 0.367 e. The third kappa shape index (κ3) is 3.97. The monoisotopic (exact) mass is 416 g/mol. The Hall–Kier alpha value is -3.00. The molecular weight excluding hydrogens is 404 g/mol. The summed E-state index contributed by atoms with van der Waals surface area (Å²) in [4.78, 5) is 26.6. The third-order valence-corrected chi connectivity index (χ3v) is 4.18. The summed E-state index contributed by atoms with van der Waals surface area (Å²) in [7, 11) is 0. The lowest BCUT2D eigenvalue weighted by Gasteiger charge is -2.10. The van der Waals surface area contributed by atoms with E-state index in [1.54, 1.807) is 31.2 Å². The first-order valence-corrected chi connectivity index (χ1v) is 8.37. The molecule has 2 aromatic rings. The summed E-state index contributed by atoms with van der Waals surface area (Å²) < 4.78 is 6.66. The van der Waals surface area contributed by atoms with E-state index < -0.39 is 10.9 Å². The Morgan fingerprint density at radius 1 is 1.27 bits per heavy atom. The van der Waals surface area contributed by atoms with Gasteiger partial charge in [-0.05, 0) is 48.9 Å². The first-order valence-electron chi connectivity index (χ1n) is 7.58. The Kier molecular flexibility index (Phi) is 5.13. The first-order chi connectivity index (χ1) is 12.4. The number of oxime groups is 1. The van der Waals surface area contributed by atoms with E-state index in [1.165, 1.54) is 12.1 Å². The molecule has 2 aromatic carbocycles. The van der Waals surface area contributed by atoms with Crippen molar-refractivity contribution >= 4 is 39.4 Å². The number of nitrogens with zero attached hydrogens (tertiary/aromatic N) is 2. The molecule has 0 aliphatic carbocycles. The van der Waals surface area contributed by atoms with Gasteiger partial charge in [-0.3, -0.25) is 10.1 Å². The van der Waals surface area contributed by atoms with Gasteiger partial charge in [-0.25, -0.2) is 4.79 Å². The van der Waals surface area contributed by atoms with Crippen LogP contribution in [0.25, 0.3) is 6.08 Å². The highest BCUT2D eigenvalue weighted by atomic mass is 79.9. The summed E-state index contributed by atoms with van der Waals surface area (Å²) in [6.45, 7) is 1.92. The zero-order valence-electron chi connectivity index (χ0n) is 13.6. The predicted molar refractivity (Wildman–Crippen MR) is 98.7 cm³/mol. The van der Waals surface area contributed by atoms with Gasteiger partial charge in [0.05, 0.1) is 16.2 Å². The van der Waals surface area contributed by atoms with Gasteiger partial charge in [0.25, 0.3) is 5.69 Å². The van der Waals surface area contributed by atoms with Crippen LogP contribution in [0.3, 0.4) is 0 Å². The van der Waals surface area contributed by atoms with Gasteiger partial charge in [0.1, 0.15) is 12.4 Å². The van der Waals surface area contributed by atoms with Gasteiger partial charge in [-0.1, -0.05) is 21.1 Å². The fourth-order valence-corrected chi connectivity index (χ4v) is 2.69. The molecule has 0 fully saturated rings. The molecule has 0 saturated carbocycles. The zero-order chi connectivity index (χ0) is 18.7. The van der Waals surface area contributed by atoms with Crippen molar-refractivity contribution in [1.82, 2.24) is 0 Å². The Morgan fingerprint density at radius 3 is 2.62 bits per heavy atom. The van der Waals surface area contributed by atoms with E-state index in [0.717, 1.165) is 10.0 Å². The van der Waals surface area contributed by atoms with Crippen molar-refractivity contribution in [3.8, 4) is 5.75 Å². The second kappa shape index (κ2) is 7.49. The molecule has 3 rings (SSSR count). The van der Waals surface area contributed by atoms with Gasteiger partial charge in [-0.2, -0.15) is 0 Å². The van der Waals surface area contributed by atoms with Crippen LogP contribution < -0.4 is 4.74 Å². The van der Waals surface area contributed by atoms with Crippen LogP contribution in [0.5, 0.6) is 5.75 Å². The molecule has 0 radical (unpaired) electrons. The number of hydrogen-bond donors (Lipinski definition) is 0. The van der Waals surface area contributed by atoms with Crippen LogP contribution in [0.4, 0.5) is 5.69 Å². The molecule has 0 amide bonds. The molecule has 8 heteroatoms. The van der Waals surface area contributed by atoms with E-state index in [2.05, 4.69) is 25.9 Å². The number of nitro benzene ring substituents is 1. The topological polar surface area (TPSA) is 91.0 Å². The molecule has 7 nitrogen and oxygen atoms in total. The summed E-state index contributed by atoms with van der Waals surface area (Å²) in [6, 6.07) is 11.5. The van der Waals surface area contributed by atoms with Crippen LogP contribution in [-0.2, 0) is 16.2 Å². The van der Waals surface area contributed by atoms with E-state index in [0.29, 0.717) is 22.6 Å². The number of ether oxygens (including phenoxy) is 1. The SMILES string of the molecule is CC1=NOC(=O)/C1=C/c1cc(Br)ccc1OCc1ccc([N+](=O)[O-])cc1. The Balaban J connectivity index is 1.82. The molecule has 1 aliphatic heterocycles. The lowest BCUT2D eigenvalue weighted by Crippen LogP contribution is -2.03. The van der Waals surface area contributed by atoms with E-state index >= 15 is 0 Å². The summed E-state index contributed by atoms with van der Waals surface area (Å²) in [5.41, 5.74) is 2.36. The third-order valence-electron chi connectivity index (χ3n) is 3.69. The molecular formula is C18H13BrN2O5. The quantitative estimate of drug-likeness (QED) is 0.314. The van der Waals surface area contributed by atoms with Crippen LogP contribution in [-0.4, -0.2) is 16.6 Å². The molecule has 0 saturated heterocycles. The number of carbonyl (C=O) groups is 1. The van der Waals surface area contributed by atoms with Crippen LogP contribution in [0, 0.1) is 10.1 Å². The van der Waals surface area contributed by atoms with E-state index in [1.807, 2.05) is 12.1 Å². The lowest BCUT2D eigenvalue weighted by atomic mass is 10.1.